The minimum atomic E-state index is -4.45. The summed E-state index contributed by atoms with van der Waals surface area (Å²) in [5.41, 5.74) is 1.07. The molecule has 21 heavy (non-hydrogen) atoms. The Hall–Kier alpha value is -2.30. The van der Waals surface area contributed by atoms with Crippen LogP contribution in [0, 0.1) is 0 Å². The fourth-order valence-electron chi connectivity index (χ4n) is 2.53. The molecule has 0 aliphatic carbocycles. The van der Waals surface area contributed by atoms with Gasteiger partial charge >= 0.3 is 6.18 Å². The average molecular weight is 291 g/mol. The fraction of sp³-hybridized carbons (Fsp3) is 0.188. The number of nitrogens with zero attached hydrogens (tertiary/aromatic N) is 1. The van der Waals surface area contributed by atoms with E-state index in [1.807, 2.05) is 24.3 Å². The number of halogens is 3. The van der Waals surface area contributed by atoms with Gasteiger partial charge in [0.25, 0.3) is 5.91 Å². The van der Waals surface area contributed by atoms with E-state index in [1.54, 1.807) is 0 Å². The normalized spacial score (nSPS) is 14.1. The van der Waals surface area contributed by atoms with Crippen LogP contribution in [0.25, 0.3) is 0 Å². The van der Waals surface area contributed by atoms with Crippen molar-refractivity contribution in [3.05, 3.63) is 65.2 Å². The van der Waals surface area contributed by atoms with Crippen LogP contribution in [0.15, 0.2) is 48.5 Å². The van der Waals surface area contributed by atoms with Crippen molar-refractivity contribution in [2.24, 2.45) is 0 Å². The van der Waals surface area contributed by atoms with Gasteiger partial charge < -0.3 is 4.90 Å². The number of fused-ring (bicyclic) bond motifs is 1. The highest BCUT2D eigenvalue weighted by Crippen LogP contribution is 2.32. The van der Waals surface area contributed by atoms with Gasteiger partial charge in [0.1, 0.15) is 0 Å². The van der Waals surface area contributed by atoms with Crippen LogP contribution in [0.4, 0.5) is 18.9 Å². The van der Waals surface area contributed by atoms with E-state index < -0.39 is 17.6 Å². The SMILES string of the molecule is O=C(c1cccc(C(F)(F)F)c1)N1CCc2ccccc21. The summed E-state index contributed by atoms with van der Waals surface area (Å²) < 4.78 is 38.2. The zero-order chi connectivity index (χ0) is 15.0. The number of benzene rings is 2. The summed E-state index contributed by atoms with van der Waals surface area (Å²) in [6, 6.07) is 12.0. The minimum Gasteiger partial charge on any atom is -0.308 e. The van der Waals surface area contributed by atoms with Gasteiger partial charge in [-0.3, -0.25) is 4.79 Å². The molecule has 0 aromatic heterocycles. The Labute approximate surface area is 119 Å². The lowest BCUT2D eigenvalue weighted by Gasteiger charge is -2.18. The maximum absolute atomic E-state index is 12.7. The third kappa shape index (κ3) is 2.51. The highest BCUT2D eigenvalue weighted by molar-refractivity contribution is 6.07. The number of amides is 1. The molecule has 0 fully saturated rings. The first-order valence-corrected chi connectivity index (χ1v) is 6.54. The molecule has 0 bridgehead atoms. The molecule has 2 nitrogen and oxygen atoms in total. The molecule has 2 aromatic rings. The molecular weight excluding hydrogens is 279 g/mol. The lowest BCUT2D eigenvalue weighted by Crippen LogP contribution is -2.29. The Balaban J connectivity index is 1.94. The summed E-state index contributed by atoms with van der Waals surface area (Å²) in [5.74, 6) is -0.397. The van der Waals surface area contributed by atoms with E-state index in [4.69, 9.17) is 0 Å². The van der Waals surface area contributed by atoms with Crippen molar-refractivity contribution in [3.8, 4) is 0 Å². The molecule has 108 valence electrons. The minimum absolute atomic E-state index is 0.0570. The van der Waals surface area contributed by atoms with E-state index in [0.717, 1.165) is 29.8 Å². The largest absolute Gasteiger partial charge is 0.416 e. The quantitative estimate of drug-likeness (QED) is 0.780. The van der Waals surface area contributed by atoms with E-state index in [9.17, 15) is 18.0 Å². The first kappa shape index (κ1) is 13.7. The monoisotopic (exact) mass is 291 g/mol. The first-order valence-electron chi connectivity index (χ1n) is 6.54. The topological polar surface area (TPSA) is 20.3 Å². The van der Waals surface area contributed by atoms with Crippen molar-refractivity contribution < 1.29 is 18.0 Å². The van der Waals surface area contributed by atoms with Crippen LogP contribution in [0.1, 0.15) is 21.5 Å². The molecule has 0 N–H and O–H groups in total. The van der Waals surface area contributed by atoms with E-state index >= 15 is 0 Å². The molecule has 5 heteroatoms. The van der Waals surface area contributed by atoms with E-state index in [2.05, 4.69) is 0 Å². The van der Waals surface area contributed by atoms with Crippen LogP contribution in [-0.2, 0) is 12.6 Å². The summed E-state index contributed by atoms with van der Waals surface area (Å²) in [6.45, 7) is 0.494. The molecule has 2 aromatic carbocycles. The highest BCUT2D eigenvalue weighted by atomic mass is 19.4. The van der Waals surface area contributed by atoms with Crippen LogP contribution in [-0.4, -0.2) is 12.5 Å². The maximum Gasteiger partial charge on any atom is 0.416 e. The van der Waals surface area contributed by atoms with Gasteiger partial charge in [-0.2, -0.15) is 13.2 Å². The molecule has 0 spiro atoms. The molecule has 0 saturated carbocycles. The predicted octanol–water partition coefficient (Wildman–Crippen LogP) is 3.91. The zero-order valence-electron chi connectivity index (χ0n) is 11.0. The molecule has 1 amide bonds. The second-order valence-corrected chi connectivity index (χ2v) is 4.91. The highest BCUT2D eigenvalue weighted by Gasteiger charge is 2.32. The molecule has 0 radical (unpaired) electrons. The van der Waals surface area contributed by atoms with Crippen LogP contribution in [0.5, 0.6) is 0 Å². The average Bonchev–Trinajstić information content (AvgIpc) is 2.90. The van der Waals surface area contributed by atoms with Gasteiger partial charge in [-0.05, 0) is 36.2 Å². The van der Waals surface area contributed by atoms with Gasteiger partial charge in [0.15, 0.2) is 0 Å². The summed E-state index contributed by atoms with van der Waals surface area (Å²) >= 11 is 0. The molecule has 1 aliphatic heterocycles. The second-order valence-electron chi connectivity index (χ2n) is 4.91. The molecule has 0 atom stereocenters. The molecule has 1 aliphatic rings. The van der Waals surface area contributed by atoms with Crippen molar-refractivity contribution >= 4 is 11.6 Å². The van der Waals surface area contributed by atoms with Gasteiger partial charge in [-0.15, -0.1) is 0 Å². The van der Waals surface area contributed by atoms with Crippen molar-refractivity contribution in [1.29, 1.82) is 0 Å². The van der Waals surface area contributed by atoms with Gasteiger partial charge in [0.2, 0.25) is 0 Å². The number of hydrogen-bond acceptors (Lipinski definition) is 1. The molecule has 1 heterocycles. The van der Waals surface area contributed by atoms with Crippen LogP contribution < -0.4 is 4.90 Å². The smallest absolute Gasteiger partial charge is 0.308 e. The lowest BCUT2D eigenvalue weighted by atomic mass is 10.1. The number of alkyl halides is 3. The molecule has 0 saturated heterocycles. The van der Waals surface area contributed by atoms with Crippen LogP contribution >= 0.6 is 0 Å². The van der Waals surface area contributed by atoms with Crippen molar-refractivity contribution in [2.45, 2.75) is 12.6 Å². The number of carbonyl (C=O) groups excluding carboxylic acids is 1. The van der Waals surface area contributed by atoms with Crippen molar-refractivity contribution in [1.82, 2.24) is 0 Å². The van der Waals surface area contributed by atoms with E-state index in [-0.39, 0.29) is 5.56 Å². The fourth-order valence-corrected chi connectivity index (χ4v) is 2.53. The van der Waals surface area contributed by atoms with Crippen LogP contribution in [0.3, 0.4) is 0 Å². The van der Waals surface area contributed by atoms with Gasteiger partial charge in [0.05, 0.1) is 5.56 Å². The Morgan fingerprint density at radius 2 is 1.81 bits per heavy atom. The zero-order valence-corrected chi connectivity index (χ0v) is 11.0. The van der Waals surface area contributed by atoms with Crippen molar-refractivity contribution in [2.75, 3.05) is 11.4 Å². The van der Waals surface area contributed by atoms with Gasteiger partial charge in [-0.1, -0.05) is 24.3 Å². The number of rotatable bonds is 1. The third-order valence-electron chi connectivity index (χ3n) is 3.57. The number of carbonyl (C=O) groups is 1. The summed E-state index contributed by atoms with van der Waals surface area (Å²) in [5, 5.41) is 0. The predicted molar refractivity (Wildman–Crippen MR) is 73.3 cm³/mol. The Bertz CT molecular complexity index is 694. The second kappa shape index (κ2) is 4.91. The number of para-hydroxylation sites is 1. The van der Waals surface area contributed by atoms with E-state index in [0.29, 0.717) is 6.54 Å². The third-order valence-corrected chi connectivity index (χ3v) is 3.57. The van der Waals surface area contributed by atoms with Gasteiger partial charge in [0, 0.05) is 17.8 Å². The summed E-state index contributed by atoms with van der Waals surface area (Å²) in [7, 11) is 0. The van der Waals surface area contributed by atoms with E-state index in [1.165, 1.54) is 17.0 Å². The first-order chi connectivity index (χ1) is 9.97. The molecule has 3 rings (SSSR count). The lowest BCUT2D eigenvalue weighted by molar-refractivity contribution is -0.137. The Kier molecular flexibility index (Phi) is 3.20. The Morgan fingerprint density at radius 1 is 1.05 bits per heavy atom. The molecular formula is C16H12F3NO. The Morgan fingerprint density at radius 3 is 2.57 bits per heavy atom. The number of anilines is 1. The molecule has 0 unspecified atom stereocenters. The van der Waals surface area contributed by atoms with Gasteiger partial charge in [-0.25, -0.2) is 0 Å². The standard InChI is InChI=1S/C16H12F3NO/c17-16(18,19)13-6-3-5-12(10-13)15(21)20-9-8-11-4-1-2-7-14(11)20/h1-7,10H,8-9H2. The maximum atomic E-state index is 12.7. The van der Waals surface area contributed by atoms with Crippen molar-refractivity contribution in [3.63, 3.8) is 0 Å². The summed E-state index contributed by atoms with van der Waals surface area (Å²) in [4.78, 5) is 14.0. The van der Waals surface area contributed by atoms with Crippen LogP contribution in [0.2, 0.25) is 0 Å². The summed E-state index contributed by atoms with van der Waals surface area (Å²) in [6.07, 6.45) is -3.72. The number of hydrogen-bond donors (Lipinski definition) is 0.